The SMILES string of the molecule is CCN(CC)C(CNC(=O)CCNS(=O)(=O)c1ccccc1Cl)c1cccc(OC)c1. The first kappa shape index (κ1) is 25.1. The second-order valence-electron chi connectivity index (χ2n) is 6.90. The van der Waals surface area contributed by atoms with Gasteiger partial charge in [0.25, 0.3) is 0 Å². The van der Waals surface area contributed by atoms with Crippen LogP contribution in [0.15, 0.2) is 53.4 Å². The smallest absolute Gasteiger partial charge is 0.242 e. The van der Waals surface area contributed by atoms with Gasteiger partial charge in [-0.1, -0.05) is 49.7 Å². The van der Waals surface area contributed by atoms with E-state index in [1.807, 2.05) is 24.3 Å². The number of hydrogen-bond donors (Lipinski definition) is 2. The van der Waals surface area contributed by atoms with Crippen molar-refractivity contribution in [3.63, 3.8) is 0 Å². The minimum atomic E-state index is -3.77. The fourth-order valence-corrected chi connectivity index (χ4v) is 4.86. The van der Waals surface area contributed by atoms with Crippen molar-refractivity contribution < 1.29 is 17.9 Å². The van der Waals surface area contributed by atoms with Crippen LogP contribution >= 0.6 is 11.6 Å². The highest BCUT2D eigenvalue weighted by Crippen LogP contribution is 2.24. The first-order valence-electron chi connectivity index (χ1n) is 10.2. The van der Waals surface area contributed by atoms with E-state index in [4.69, 9.17) is 16.3 Å². The molecular formula is C22H30ClN3O4S. The molecule has 2 rings (SSSR count). The average molecular weight is 468 g/mol. The molecule has 0 saturated carbocycles. The van der Waals surface area contributed by atoms with Crippen LogP contribution in [0.2, 0.25) is 5.02 Å². The molecule has 0 bridgehead atoms. The van der Waals surface area contributed by atoms with Crippen molar-refractivity contribution in [1.82, 2.24) is 14.9 Å². The molecule has 0 aromatic heterocycles. The van der Waals surface area contributed by atoms with Crippen molar-refractivity contribution in [3.05, 3.63) is 59.1 Å². The van der Waals surface area contributed by atoms with E-state index >= 15 is 0 Å². The molecule has 0 heterocycles. The van der Waals surface area contributed by atoms with Crippen LogP contribution < -0.4 is 14.8 Å². The van der Waals surface area contributed by atoms with Gasteiger partial charge in [-0.2, -0.15) is 0 Å². The van der Waals surface area contributed by atoms with Crippen molar-refractivity contribution in [2.24, 2.45) is 0 Å². The van der Waals surface area contributed by atoms with E-state index in [-0.39, 0.29) is 34.8 Å². The number of sulfonamides is 1. The molecule has 0 aliphatic carbocycles. The van der Waals surface area contributed by atoms with Crippen LogP contribution in [-0.2, 0) is 14.8 Å². The summed E-state index contributed by atoms with van der Waals surface area (Å²) in [5.74, 6) is 0.525. The maximum atomic E-state index is 12.4. The molecule has 0 aliphatic heterocycles. The standard InChI is InChI=1S/C22H30ClN3O4S/c1-4-26(5-2)20(17-9-8-10-18(15-17)30-3)16-24-22(27)13-14-25-31(28,29)21-12-7-6-11-19(21)23/h6-12,15,20,25H,4-5,13-14,16H2,1-3H3,(H,24,27). The maximum absolute atomic E-state index is 12.4. The molecule has 0 radical (unpaired) electrons. The average Bonchev–Trinajstić information content (AvgIpc) is 2.76. The predicted molar refractivity (Wildman–Crippen MR) is 123 cm³/mol. The monoisotopic (exact) mass is 467 g/mol. The largest absolute Gasteiger partial charge is 0.497 e. The highest BCUT2D eigenvalue weighted by atomic mass is 35.5. The van der Waals surface area contributed by atoms with Crippen LogP contribution in [0.5, 0.6) is 5.75 Å². The summed E-state index contributed by atoms with van der Waals surface area (Å²) >= 11 is 5.96. The van der Waals surface area contributed by atoms with Gasteiger partial charge in [-0.25, -0.2) is 13.1 Å². The molecule has 2 N–H and O–H groups in total. The summed E-state index contributed by atoms with van der Waals surface area (Å²) in [6, 6.07) is 13.9. The lowest BCUT2D eigenvalue weighted by Gasteiger charge is -2.30. The topological polar surface area (TPSA) is 87.7 Å². The van der Waals surface area contributed by atoms with Gasteiger partial charge in [-0.15, -0.1) is 0 Å². The maximum Gasteiger partial charge on any atom is 0.242 e. The Kier molecular flexibility index (Phi) is 9.77. The molecule has 0 spiro atoms. The number of ether oxygens (including phenoxy) is 1. The lowest BCUT2D eigenvalue weighted by molar-refractivity contribution is -0.121. The number of halogens is 1. The number of carbonyl (C=O) groups excluding carboxylic acids is 1. The van der Waals surface area contributed by atoms with E-state index in [1.54, 1.807) is 19.2 Å². The number of hydrogen-bond acceptors (Lipinski definition) is 5. The van der Waals surface area contributed by atoms with Gasteiger partial charge in [0.05, 0.1) is 18.2 Å². The zero-order chi connectivity index (χ0) is 22.9. The van der Waals surface area contributed by atoms with E-state index in [1.165, 1.54) is 12.1 Å². The van der Waals surface area contributed by atoms with Gasteiger partial charge in [0.2, 0.25) is 15.9 Å². The Morgan fingerprint density at radius 2 is 1.84 bits per heavy atom. The summed E-state index contributed by atoms with van der Waals surface area (Å²) in [6.07, 6.45) is 0.0206. The Morgan fingerprint density at radius 3 is 2.48 bits per heavy atom. The Bertz CT molecular complexity index is 965. The van der Waals surface area contributed by atoms with E-state index in [2.05, 4.69) is 28.8 Å². The van der Waals surface area contributed by atoms with Gasteiger partial charge < -0.3 is 10.1 Å². The lowest BCUT2D eigenvalue weighted by Crippen LogP contribution is -2.39. The van der Waals surface area contributed by atoms with Gasteiger partial charge in [-0.3, -0.25) is 9.69 Å². The lowest BCUT2D eigenvalue weighted by atomic mass is 10.0. The Morgan fingerprint density at radius 1 is 1.13 bits per heavy atom. The normalized spacial score (nSPS) is 12.5. The summed E-state index contributed by atoms with van der Waals surface area (Å²) < 4.78 is 32.5. The zero-order valence-corrected chi connectivity index (χ0v) is 19.7. The van der Waals surface area contributed by atoms with Crippen LogP contribution in [0.1, 0.15) is 31.9 Å². The number of likely N-dealkylation sites (N-methyl/N-ethyl adjacent to an activating group) is 1. The number of nitrogens with one attached hydrogen (secondary N) is 2. The molecule has 9 heteroatoms. The Balaban J connectivity index is 1.96. The van der Waals surface area contributed by atoms with Gasteiger partial charge in [0, 0.05) is 19.5 Å². The van der Waals surface area contributed by atoms with Crippen LogP contribution in [-0.4, -0.2) is 52.5 Å². The number of carbonyl (C=O) groups is 1. The van der Waals surface area contributed by atoms with Gasteiger partial charge in [0.15, 0.2) is 0 Å². The molecule has 0 saturated heterocycles. The van der Waals surface area contributed by atoms with Crippen molar-refractivity contribution in [2.75, 3.05) is 33.3 Å². The minimum Gasteiger partial charge on any atom is -0.497 e. The molecule has 1 atom stereocenters. The van der Waals surface area contributed by atoms with E-state index in [9.17, 15) is 13.2 Å². The Hall–Kier alpha value is -2.13. The second-order valence-corrected chi connectivity index (χ2v) is 9.04. The summed E-state index contributed by atoms with van der Waals surface area (Å²) in [6.45, 7) is 6.18. The number of amides is 1. The van der Waals surface area contributed by atoms with Crippen molar-refractivity contribution >= 4 is 27.5 Å². The first-order valence-corrected chi connectivity index (χ1v) is 12.1. The van der Waals surface area contributed by atoms with Crippen LogP contribution in [0, 0.1) is 0 Å². The second kappa shape index (κ2) is 12.0. The van der Waals surface area contributed by atoms with E-state index in [0.717, 1.165) is 24.4 Å². The molecular weight excluding hydrogens is 438 g/mol. The summed E-state index contributed by atoms with van der Waals surface area (Å²) in [5.41, 5.74) is 1.04. The highest BCUT2D eigenvalue weighted by Gasteiger charge is 2.20. The number of nitrogens with zero attached hydrogens (tertiary/aromatic N) is 1. The number of rotatable bonds is 12. The van der Waals surface area contributed by atoms with Crippen LogP contribution in [0.3, 0.4) is 0 Å². The predicted octanol–water partition coefficient (Wildman–Crippen LogP) is 3.22. The Labute approximate surface area is 189 Å². The third-order valence-electron chi connectivity index (χ3n) is 4.99. The molecule has 170 valence electrons. The molecule has 2 aromatic carbocycles. The van der Waals surface area contributed by atoms with Crippen molar-refractivity contribution in [3.8, 4) is 5.75 Å². The first-order chi connectivity index (χ1) is 14.8. The third kappa shape index (κ3) is 7.21. The van der Waals surface area contributed by atoms with Crippen LogP contribution in [0.4, 0.5) is 0 Å². The quantitative estimate of drug-likeness (QED) is 0.500. The molecule has 7 nitrogen and oxygen atoms in total. The van der Waals surface area contributed by atoms with E-state index in [0.29, 0.717) is 6.54 Å². The summed E-state index contributed by atoms with van der Waals surface area (Å²) in [5, 5.41) is 3.06. The zero-order valence-electron chi connectivity index (χ0n) is 18.1. The minimum absolute atomic E-state index is 0.00306. The molecule has 1 amide bonds. The summed E-state index contributed by atoms with van der Waals surface area (Å²) in [4.78, 5) is 14.6. The highest BCUT2D eigenvalue weighted by molar-refractivity contribution is 7.89. The van der Waals surface area contributed by atoms with Gasteiger partial charge in [0.1, 0.15) is 10.6 Å². The summed E-state index contributed by atoms with van der Waals surface area (Å²) in [7, 11) is -2.15. The molecule has 0 fully saturated rings. The molecule has 31 heavy (non-hydrogen) atoms. The molecule has 2 aromatic rings. The molecule has 0 aliphatic rings. The molecule has 1 unspecified atom stereocenters. The third-order valence-corrected chi connectivity index (χ3v) is 6.96. The van der Waals surface area contributed by atoms with Crippen LogP contribution in [0.25, 0.3) is 0 Å². The number of benzene rings is 2. The van der Waals surface area contributed by atoms with Gasteiger partial charge >= 0.3 is 0 Å². The fraction of sp³-hybridized carbons (Fsp3) is 0.409. The van der Waals surface area contributed by atoms with Crippen molar-refractivity contribution in [2.45, 2.75) is 31.2 Å². The van der Waals surface area contributed by atoms with E-state index < -0.39 is 10.0 Å². The number of methoxy groups -OCH3 is 1. The van der Waals surface area contributed by atoms with Crippen molar-refractivity contribution in [1.29, 1.82) is 0 Å². The fourth-order valence-electron chi connectivity index (χ4n) is 3.31. The van der Waals surface area contributed by atoms with Gasteiger partial charge in [-0.05, 0) is 42.9 Å².